The lowest BCUT2D eigenvalue weighted by Crippen LogP contribution is -2.40. The third-order valence-electron chi connectivity index (χ3n) is 3.86. The molecule has 1 aromatic rings. The van der Waals surface area contributed by atoms with E-state index in [0.717, 1.165) is 47.0 Å². The van der Waals surface area contributed by atoms with E-state index in [1.807, 2.05) is 26.0 Å². The summed E-state index contributed by atoms with van der Waals surface area (Å²) < 4.78 is 1.10. The molecule has 0 spiro atoms. The molecule has 0 saturated heterocycles. The number of halogens is 1. The van der Waals surface area contributed by atoms with Crippen molar-refractivity contribution in [1.82, 2.24) is 0 Å². The highest BCUT2D eigenvalue weighted by molar-refractivity contribution is 9.10. The Morgan fingerprint density at radius 1 is 1.26 bits per heavy atom. The van der Waals surface area contributed by atoms with Crippen molar-refractivity contribution in [2.75, 3.05) is 5.32 Å². The van der Waals surface area contributed by atoms with Crippen LogP contribution in [0.5, 0.6) is 0 Å². The van der Waals surface area contributed by atoms with Crippen molar-refractivity contribution in [3.63, 3.8) is 0 Å². The van der Waals surface area contributed by atoms with Crippen LogP contribution in [0, 0.1) is 19.8 Å². The van der Waals surface area contributed by atoms with Crippen LogP contribution in [0.3, 0.4) is 0 Å². The quantitative estimate of drug-likeness (QED) is 0.874. The van der Waals surface area contributed by atoms with E-state index in [1.54, 1.807) is 0 Å². The van der Waals surface area contributed by atoms with Crippen LogP contribution in [0.25, 0.3) is 0 Å². The highest BCUT2D eigenvalue weighted by Gasteiger charge is 2.28. The van der Waals surface area contributed by atoms with E-state index in [9.17, 15) is 4.79 Å². The number of hydrogen-bond donors (Lipinski definition) is 2. The van der Waals surface area contributed by atoms with E-state index in [2.05, 4.69) is 21.2 Å². The zero-order valence-corrected chi connectivity index (χ0v) is 13.1. The molecule has 0 radical (unpaired) electrons. The van der Waals surface area contributed by atoms with E-state index >= 15 is 0 Å². The topological polar surface area (TPSA) is 55.1 Å². The molecule has 0 heterocycles. The molecule has 2 atom stereocenters. The average molecular weight is 325 g/mol. The number of amides is 1. The number of anilines is 1. The van der Waals surface area contributed by atoms with Crippen LogP contribution in [0.15, 0.2) is 16.6 Å². The largest absolute Gasteiger partial charge is 0.327 e. The summed E-state index contributed by atoms with van der Waals surface area (Å²) in [6.45, 7) is 4.05. The van der Waals surface area contributed by atoms with Crippen LogP contribution in [0.4, 0.5) is 5.69 Å². The van der Waals surface area contributed by atoms with Crippen LogP contribution in [0.2, 0.25) is 0 Å². The van der Waals surface area contributed by atoms with E-state index in [4.69, 9.17) is 5.73 Å². The summed E-state index contributed by atoms with van der Waals surface area (Å²) in [5, 5.41) is 3.01. The van der Waals surface area contributed by atoms with Gasteiger partial charge in [-0.2, -0.15) is 0 Å². The number of benzene rings is 1. The summed E-state index contributed by atoms with van der Waals surface area (Å²) in [6.07, 6.45) is 4.10. The molecule has 0 bridgehead atoms. The minimum absolute atomic E-state index is 0.00592. The summed E-state index contributed by atoms with van der Waals surface area (Å²) in [6, 6.07) is 3.98. The Morgan fingerprint density at radius 2 is 1.84 bits per heavy atom. The van der Waals surface area contributed by atoms with Gasteiger partial charge < -0.3 is 11.1 Å². The molecule has 1 saturated carbocycles. The molecule has 1 amide bonds. The number of aryl methyl sites for hydroxylation is 2. The van der Waals surface area contributed by atoms with Gasteiger partial charge in [-0.15, -0.1) is 0 Å². The van der Waals surface area contributed by atoms with E-state index in [0.29, 0.717) is 0 Å². The predicted octanol–water partition coefficient (Wildman–Crippen LogP) is 3.52. The summed E-state index contributed by atoms with van der Waals surface area (Å²) in [5.74, 6) is 0.0198. The maximum Gasteiger partial charge on any atom is 0.229 e. The second-order valence-corrected chi connectivity index (χ2v) is 6.26. The van der Waals surface area contributed by atoms with Crippen molar-refractivity contribution in [1.29, 1.82) is 0 Å². The van der Waals surface area contributed by atoms with Gasteiger partial charge in [0.05, 0.1) is 5.92 Å². The fourth-order valence-electron chi connectivity index (χ4n) is 2.74. The molecule has 2 rings (SSSR count). The number of nitrogens with one attached hydrogen (secondary N) is 1. The lowest BCUT2D eigenvalue weighted by atomic mass is 9.84. The van der Waals surface area contributed by atoms with Crippen molar-refractivity contribution in [3.8, 4) is 0 Å². The Bertz CT molecular complexity index is 464. The molecule has 1 aliphatic carbocycles. The maximum atomic E-state index is 12.3. The number of carbonyl (C=O) groups excluding carboxylic acids is 1. The highest BCUT2D eigenvalue weighted by atomic mass is 79.9. The summed E-state index contributed by atoms with van der Waals surface area (Å²) >= 11 is 3.53. The summed E-state index contributed by atoms with van der Waals surface area (Å²) in [7, 11) is 0. The second kappa shape index (κ2) is 6.06. The third kappa shape index (κ3) is 3.37. The number of hydrogen-bond acceptors (Lipinski definition) is 2. The van der Waals surface area contributed by atoms with Crippen LogP contribution in [-0.4, -0.2) is 11.9 Å². The molecule has 3 nitrogen and oxygen atoms in total. The molecule has 3 N–H and O–H groups in total. The second-order valence-electron chi connectivity index (χ2n) is 5.47. The van der Waals surface area contributed by atoms with Crippen molar-refractivity contribution in [3.05, 3.63) is 27.7 Å². The predicted molar refractivity (Wildman–Crippen MR) is 82.2 cm³/mol. The number of carbonyl (C=O) groups is 1. The highest BCUT2D eigenvalue weighted by Crippen LogP contribution is 2.27. The van der Waals surface area contributed by atoms with Gasteiger partial charge in [0.1, 0.15) is 0 Å². The first-order valence-corrected chi connectivity index (χ1v) is 7.61. The molecular formula is C15H21BrN2O. The molecule has 0 aromatic heterocycles. The molecule has 1 fully saturated rings. The Morgan fingerprint density at radius 3 is 2.42 bits per heavy atom. The monoisotopic (exact) mass is 324 g/mol. The number of nitrogens with two attached hydrogens (primary N) is 1. The normalized spacial score (nSPS) is 23.2. The molecule has 19 heavy (non-hydrogen) atoms. The fraction of sp³-hybridized carbons (Fsp3) is 0.533. The van der Waals surface area contributed by atoms with Gasteiger partial charge in [0.15, 0.2) is 0 Å². The molecule has 104 valence electrons. The summed E-state index contributed by atoms with van der Waals surface area (Å²) in [4.78, 5) is 12.3. The van der Waals surface area contributed by atoms with Gasteiger partial charge in [-0.05, 0) is 49.9 Å². The van der Waals surface area contributed by atoms with Gasteiger partial charge in [-0.25, -0.2) is 0 Å². The van der Waals surface area contributed by atoms with E-state index < -0.39 is 0 Å². The molecular weight excluding hydrogens is 304 g/mol. The SMILES string of the molecule is Cc1cc(NC(=O)C2CCCCC2N)cc(C)c1Br. The molecule has 1 aromatic carbocycles. The van der Waals surface area contributed by atoms with Gasteiger partial charge in [0, 0.05) is 16.2 Å². The van der Waals surface area contributed by atoms with Crippen LogP contribution >= 0.6 is 15.9 Å². The van der Waals surface area contributed by atoms with Crippen molar-refractivity contribution < 1.29 is 4.79 Å². The van der Waals surface area contributed by atoms with Gasteiger partial charge >= 0.3 is 0 Å². The van der Waals surface area contributed by atoms with Gasteiger partial charge in [0.2, 0.25) is 5.91 Å². The standard InChI is InChI=1S/C15H21BrN2O/c1-9-7-11(8-10(2)14(9)16)18-15(19)12-5-3-4-6-13(12)17/h7-8,12-13H,3-6,17H2,1-2H3,(H,18,19). The zero-order chi connectivity index (χ0) is 14.0. The molecule has 4 heteroatoms. The minimum Gasteiger partial charge on any atom is -0.327 e. The first-order valence-electron chi connectivity index (χ1n) is 6.82. The van der Waals surface area contributed by atoms with Gasteiger partial charge in [-0.1, -0.05) is 28.8 Å². The Balaban J connectivity index is 2.10. The molecule has 1 aliphatic rings. The first-order chi connectivity index (χ1) is 8.99. The third-order valence-corrected chi connectivity index (χ3v) is 5.11. The smallest absolute Gasteiger partial charge is 0.229 e. The maximum absolute atomic E-state index is 12.3. The lowest BCUT2D eigenvalue weighted by Gasteiger charge is -2.27. The van der Waals surface area contributed by atoms with Crippen molar-refractivity contribution in [2.45, 2.75) is 45.6 Å². The Hall–Kier alpha value is -0.870. The van der Waals surface area contributed by atoms with Crippen LogP contribution < -0.4 is 11.1 Å². The zero-order valence-electron chi connectivity index (χ0n) is 11.5. The number of rotatable bonds is 2. The first kappa shape index (κ1) is 14.5. The lowest BCUT2D eigenvalue weighted by molar-refractivity contribution is -0.121. The van der Waals surface area contributed by atoms with E-state index in [1.165, 1.54) is 0 Å². The fourth-order valence-corrected chi connectivity index (χ4v) is 2.97. The van der Waals surface area contributed by atoms with Crippen molar-refractivity contribution >= 4 is 27.5 Å². The summed E-state index contributed by atoms with van der Waals surface area (Å²) in [5.41, 5.74) is 9.17. The van der Waals surface area contributed by atoms with Crippen molar-refractivity contribution in [2.24, 2.45) is 11.7 Å². The molecule has 2 unspecified atom stereocenters. The van der Waals surface area contributed by atoms with Gasteiger partial charge in [0.25, 0.3) is 0 Å². The van der Waals surface area contributed by atoms with Crippen LogP contribution in [-0.2, 0) is 4.79 Å². The average Bonchev–Trinajstić information content (AvgIpc) is 2.36. The van der Waals surface area contributed by atoms with Gasteiger partial charge in [-0.3, -0.25) is 4.79 Å². The Kier molecular flexibility index (Phi) is 4.63. The molecule has 0 aliphatic heterocycles. The Labute approximate surface area is 123 Å². The van der Waals surface area contributed by atoms with E-state index in [-0.39, 0.29) is 17.9 Å². The minimum atomic E-state index is -0.0435. The van der Waals surface area contributed by atoms with Crippen LogP contribution in [0.1, 0.15) is 36.8 Å².